The summed E-state index contributed by atoms with van der Waals surface area (Å²) in [7, 11) is 0. The van der Waals surface area contributed by atoms with Crippen molar-refractivity contribution < 1.29 is 40.7 Å². The molecule has 0 radical (unpaired) electrons. The summed E-state index contributed by atoms with van der Waals surface area (Å²) in [6, 6.07) is 5.16. The predicted octanol–water partition coefficient (Wildman–Crippen LogP) is 4.78. The van der Waals surface area contributed by atoms with E-state index in [-0.39, 0.29) is 42.6 Å². The van der Waals surface area contributed by atoms with Crippen molar-refractivity contribution in [1.29, 1.82) is 0 Å². The molecule has 2 heterocycles. The number of nitrogens with zero attached hydrogens (tertiary/aromatic N) is 1. The Labute approximate surface area is 202 Å². The molecule has 3 fully saturated rings. The zero-order valence-corrected chi connectivity index (χ0v) is 18.9. The molecule has 3 aliphatic rings. The molecule has 1 spiro atoms. The summed E-state index contributed by atoms with van der Waals surface area (Å²) in [5.74, 6) is -7.78. The van der Waals surface area contributed by atoms with Gasteiger partial charge in [0.1, 0.15) is 29.2 Å². The van der Waals surface area contributed by atoms with Crippen LogP contribution in [0.2, 0.25) is 0 Å². The van der Waals surface area contributed by atoms with Crippen molar-refractivity contribution in [2.75, 3.05) is 13.2 Å². The molecule has 1 saturated carbocycles. The van der Waals surface area contributed by atoms with Crippen molar-refractivity contribution in [3.05, 3.63) is 59.4 Å². The minimum absolute atomic E-state index is 0.0882. The highest BCUT2D eigenvalue weighted by Gasteiger charge is 2.69. The van der Waals surface area contributed by atoms with Gasteiger partial charge in [-0.25, -0.2) is 31.1 Å². The molecular formula is C25H22F6N2O3. The number of hydrogen-bond acceptors (Lipinski definition) is 3. The van der Waals surface area contributed by atoms with Crippen LogP contribution >= 0.6 is 0 Å². The minimum atomic E-state index is -3.58. The summed E-state index contributed by atoms with van der Waals surface area (Å²) in [5.41, 5.74) is -2.56. The van der Waals surface area contributed by atoms with E-state index in [0.717, 1.165) is 17.0 Å². The van der Waals surface area contributed by atoms with Crippen LogP contribution in [-0.2, 0) is 16.0 Å². The van der Waals surface area contributed by atoms with E-state index < -0.39 is 72.0 Å². The Balaban J connectivity index is 1.55. The van der Waals surface area contributed by atoms with Crippen molar-refractivity contribution in [3.8, 4) is 11.1 Å². The first-order chi connectivity index (χ1) is 17.0. The first-order valence-electron chi connectivity index (χ1n) is 11.5. The Kier molecular flexibility index (Phi) is 5.91. The summed E-state index contributed by atoms with van der Waals surface area (Å²) in [5, 5.41) is 2.20. The van der Waals surface area contributed by atoms with E-state index in [1.807, 2.05) is 0 Å². The highest BCUT2D eigenvalue weighted by molar-refractivity contribution is 5.82. The molecule has 5 rings (SSSR count). The van der Waals surface area contributed by atoms with Crippen LogP contribution in [0.4, 0.5) is 31.1 Å². The van der Waals surface area contributed by atoms with E-state index >= 15 is 13.2 Å². The second-order valence-corrected chi connectivity index (χ2v) is 9.58. The van der Waals surface area contributed by atoms with Crippen LogP contribution in [-0.4, -0.2) is 53.7 Å². The number of likely N-dealkylation sites (tertiary alicyclic amines) is 1. The number of ether oxygens (including phenoxy) is 1. The van der Waals surface area contributed by atoms with Gasteiger partial charge in [0.2, 0.25) is 5.91 Å². The lowest BCUT2D eigenvalue weighted by atomic mass is 9.79. The average Bonchev–Trinajstić information content (AvgIpc) is 2.98. The van der Waals surface area contributed by atoms with Gasteiger partial charge in [-0.15, -0.1) is 0 Å². The predicted molar refractivity (Wildman–Crippen MR) is 115 cm³/mol. The van der Waals surface area contributed by atoms with Gasteiger partial charge in [0.05, 0.1) is 19.2 Å². The van der Waals surface area contributed by atoms with Crippen molar-refractivity contribution in [2.24, 2.45) is 5.92 Å². The minimum Gasteiger partial charge on any atom is -0.449 e. The molecule has 11 heteroatoms. The first-order valence-corrected chi connectivity index (χ1v) is 11.5. The fourth-order valence-electron chi connectivity index (χ4n) is 5.46. The summed E-state index contributed by atoms with van der Waals surface area (Å²) in [6.45, 7) is -1.36. The van der Waals surface area contributed by atoms with Crippen molar-refractivity contribution >= 4 is 12.0 Å². The molecule has 2 aromatic carbocycles. The summed E-state index contributed by atoms with van der Waals surface area (Å²) < 4.78 is 92.3. The molecule has 2 aliphatic heterocycles. The van der Waals surface area contributed by atoms with Crippen LogP contribution in [0, 0.1) is 23.4 Å². The summed E-state index contributed by atoms with van der Waals surface area (Å²) in [4.78, 5) is 26.1. The number of alkyl carbamates (subject to hydrolysis) is 1. The first kappa shape index (κ1) is 24.5. The fourth-order valence-corrected chi connectivity index (χ4v) is 5.46. The third kappa shape index (κ3) is 3.98. The van der Waals surface area contributed by atoms with E-state index in [1.54, 1.807) is 0 Å². The van der Waals surface area contributed by atoms with Crippen LogP contribution < -0.4 is 5.32 Å². The second kappa shape index (κ2) is 8.70. The number of rotatable bonds is 4. The molecule has 1 aliphatic carbocycles. The fraction of sp³-hybridized carbons (Fsp3) is 0.440. The van der Waals surface area contributed by atoms with E-state index in [1.165, 1.54) is 18.2 Å². The number of nitrogens with one attached hydrogen (secondary N) is 1. The van der Waals surface area contributed by atoms with Crippen LogP contribution in [0.25, 0.3) is 11.1 Å². The van der Waals surface area contributed by atoms with Crippen molar-refractivity contribution in [2.45, 2.75) is 49.4 Å². The maximum Gasteiger partial charge on any atom is 0.407 e. The maximum atomic E-state index is 15.6. The Hall–Kier alpha value is -3.24. The second-order valence-electron chi connectivity index (χ2n) is 9.58. The third-order valence-corrected chi connectivity index (χ3v) is 7.40. The molecule has 36 heavy (non-hydrogen) atoms. The van der Waals surface area contributed by atoms with Crippen LogP contribution in [0.15, 0.2) is 36.4 Å². The van der Waals surface area contributed by atoms with Crippen molar-refractivity contribution in [1.82, 2.24) is 10.2 Å². The smallest absolute Gasteiger partial charge is 0.407 e. The Morgan fingerprint density at radius 1 is 1.11 bits per heavy atom. The standard InChI is InChI=1S/C25H22F6N2O3/c26-16-8-15(9-16)22(34)33-12-25(30,31)24(4-5-36-23(35)32-24)20(33)10-13-2-1-3-19(21(13)29)14-6-17(27)11-18(28)7-14/h1-3,6-7,11,15-16,20H,4-5,8-10,12H2,(H,32,35)/t15?,16?,20-,24+/m1/s1. The lowest BCUT2D eigenvalue weighted by Crippen LogP contribution is -2.68. The van der Waals surface area contributed by atoms with Gasteiger partial charge < -0.3 is 15.0 Å². The number of cyclic esters (lactones) is 1. The molecule has 2 aromatic rings. The van der Waals surface area contributed by atoms with Gasteiger partial charge >= 0.3 is 6.09 Å². The Morgan fingerprint density at radius 2 is 1.81 bits per heavy atom. The Morgan fingerprint density at radius 3 is 2.44 bits per heavy atom. The van der Waals surface area contributed by atoms with E-state index in [9.17, 15) is 22.8 Å². The normalized spacial score (nSPS) is 29.0. The van der Waals surface area contributed by atoms with Crippen LogP contribution in [0.1, 0.15) is 24.8 Å². The highest BCUT2D eigenvalue weighted by atomic mass is 19.3. The van der Waals surface area contributed by atoms with E-state index in [4.69, 9.17) is 4.74 Å². The number of halogens is 6. The molecule has 0 unspecified atom stereocenters. The lowest BCUT2D eigenvalue weighted by Gasteiger charge is -2.43. The number of alkyl halides is 3. The van der Waals surface area contributed by atoms with Gasteiger partial charge in [-0.2, -0.15) is 0 Å². The number of hydrogen-bond donors (Lipinski definition) is 1. The van der Waals surface area contributed by atoms with Crippen LogP contribution in [0.5, 0.6) is 0 Å². The number of carbonyl (C=O) groups excluding carboxylic acids is 2. The SMILES string of the molecule is O=C1N[C@@]2(CCO1)[C@@H](Cc1cccc(-c3cc(F)cc(F)c3)c1F)N(C(=O)C1CC(F)C1)CC2(F)F. The van der Waals surface area contributed by atoms with Crippen LogP contribution in [0.3, 0.4) is 0 Å². The quantitative estimate of drug-likeness (QED) is 0.601. The van der Waals surface area contributed by atoms with E-state index in [0.29, 0.717) is 6.07 Å². The van der Waals surface area contributed by atoms with E-state index in [2.05, 4.69) is 5.32 Å². The third-order valence-electron chi connectivity index (χ3n) is 7.40. The summed E-state index contributed by atoms with van der Waals surface area (Å²) >= 11 is 0. The number of benzene rings is 2. The van der Waals surface area contributed by atoms with Gasteiger partial charge in [0, 0.05) is 24.0 Å². The summed E-state index contributed by atoms with van der Waals surface area (Å²) in [6.07, 6.45) is -3.23. The number of amides is 2. The zero-order valence-electron chi connectivity index (χ0n) is 18.9. The number of carbonyl (C=O) groups is 2. The molecule has 192 valence electrons. The van der Waals surface area contributed by atoms with Gasteiger partial charge in [0.15, 0.2) is 0 Å². The average molecular weight is 512 g/mol. The molecule has 2 saturated heterocycles. The Bertz CT molecular complexity index is 1200. The molecule has 5 nitrogen and oxygen atoms in total. The maximum absolute atomic E-state index is 15.6. The topological polar surface area (TPSA) is 58.6 Å². The molecule has 0 bridgehead atoms. The molecule has 0 aromatic heterocycles. The van der Waals surface area contributed by atoms with Gasteiger partial charge in [-0.3, -0.25) is 4.79 Å². The van der Waals surface area contributed by atoms with Gasteiger partial charge in [-0.05, 0) is 42.5 Å². The van der Waals surface area contributed by atoms with Gasteiger partial charge in [-0.1, -0.05) is 18.2 Å². The zero-order chi connectivity index (χ0) is 25.8. The highest BCUT2D eigenvalue weighted by Crippen LogP contribution is 2.48. The molecule has 1 N–H and O–H groups in total. The molecule has 2 atom stereocenters. The largest absolute Gasteiger partial charge is 0.449 e. The molecular weight excluding hydrogens is 490 g/mol. The lowest BCUT2D eigenvalue weighted by molar-refractivity contribution is -0.142. The monoisotopic (exact) mass is 512 g/mol. The van der Waals surface area contributed by atoms with Gasteiger partial charge in [0.25, 0.3) is 5.92 Å². The van der Waals surface area contributed by atoms with Crippen molar-refractivity contribution in [3.63, 3.8) is 0 Å². The molecule has 2 amide bonds.